The van der Waals surface area contributed by atoms with E-state index in [1.165, 1.54) is 148 Å². The Balaban J connectivity index is 4.29. The molecule has 1 atom stereocenters. The number of carbonyl (C=O) groups excluding carboxylic acids is 3. The molecule has 0 aliphatic carbocycles. The molecule has 0 aliphatic heterocycles. The highest BCUT2D eigenvalue weighted by molar-refractivity contribution is 5.71. The minimum Gasteiger partial charge on any atom is -0.462 e. The lowest BCUT2D eigenvalue weighted by atomic mass is 10.1. The highest BCUT2D eigenvalue weighted by atomic mass is 16.6. The van der Waals surface area contributed by atoms with E-state index in [2.05, 4.69) is 93.7 Å². The maximum absolute atomic E-state index is 12.8. The summed E-state index contributed by atoms with van der Waals surface area (Å²) in [6, 6.07) is 0. The Morgan fingerprint density at radius 3 is 0.912 bits per heavy atom. The van der Waals surface area contributed by atoms with Gasteiger partial charge >= 0.3 is 17.9 Å². The Labute approximate surface area is 421 Å². The van der Waals surface area contributed by atoms with E-state index in [1.807, 2.05) is 0 Å². The quantitative estimate of drug-likeness (QED) is 0.0262. The summed E-state index contributed by atoms with van der Waals surface area (Å²) in [5.74, 6) is -0.889. The molecule has 0 N–H and O–H groups in total. The number of hydrogen-bond donors (Lipinski definition) is 0. The Kier molecular flexibility index (Phi) is 53.8. The normalized spacial score (nSPS) is 12.6. The third-order valence-corrected chi connectivity index (χ3v) is 12.4. The maximum Gasteiger partial charge on any atom is 0.306 e. The number of hydrogen-bond acceptors (Lipinski definition) is 6. The molecule has 6 nitrogen and oxygen atoms in total. The van der Waals surface area contributed by atoms with Crippen molar-refractivity contribution < 1.29 is 28.6 Å². The zero-order valence-electron chi connectivity index (χ0n) is 44.9. The third-order valence-electron chi connectivity index (χ3n) is 12.4. The number of rotatable bonds is 52. The largest absolute Gasteiger partial charge is 0.462 e. The summed E-state index contributed by atoms with van der Waals surface area (Å²) >= 11 is 0. The summed E-state index contributed by atoms with van der Waals surface area (Å²) in [6.45, 7) is 6.51. The number of allylic oxidation sites excluding steroid dienone is 12. The first kappa shape index (κ1) is 64.8. The third kappa shape index (κ3) is 53.8. The van der Waals surface area contributed by atoms with E-state index in [-0.39, 0.29) is 31.1 Å². The molecule has 0 bridgehead atoms. The van der Waals surface area contributed by atoms with E-state index in [0.29, 0.717) is 19.3 Å². The standard InChI is InChI=1S/C62H108O6/c1-4-7-10-13-16-19-21-23-25-27-29-30-31-32-33-35-36-38-40-43-46-49-52-55-61(64)67-58-59(57-66-60(63)54-51-48-45-42-18-15-12-9-6-3)68-62(65)56-53-50-47-44-41-39-37-34-28-26-24-22-20-17-14-11-8-5-2/h7,10,16,19,23,25-26,28-30,32-33,59H,4-6,8-9,11-15,17-18,20-22,24,27,31,34-58H2,1-3H3/b10-7-,19-16-,25-23-,28-26-,30-29-,33-32-. The number of esters is 3. The Morgan fingerprint density at radius 2 is 0.574 bits per heavy atom. The summed E-state index contributed by atoms with van der Waals surface area (Å²) in [6.07, 6.45) is 71.8. The minimum absolute atomic E-state index is 0.0787. The fourth-order valence-corrected chi connectivity index (χ4v) is 8.11. The van der Waals surface area contributed by atoms with Crippen LogP contribution in [0.3, 0.4) is 0 Å². The van der Waals surface area contributed by atoms with Crippen molar-refractivity contribution in [1.29, 1.82) is 0 Å². The molecular formula is C62H108O6. The van der Waals surface area contributed by atoms with Crippen molar-refractivity contribution in [3.63, 3.8) is 0 Å². The average Bonchev–Trinajstić information content (AvgIpc) is 3.34. The first-order valence-electron chi connectivity index (χ1n) is 28.9. The van der Waals surface area contributed by atoms with E-state index in [9.17, 15) is 14.4 Å². The smallest absolute Gasteiger partial charge is 0.306 e. The molecule has 68 heavy (non-hydrogen) atoms. The second-order valence-corrected chi connectivity index (χ2v) is 19.2. The van der Waals surface area contributed by atoms with Gasteiger partial charge in [0.2, 0.25) is 0 Å². The van der Waals surface area contributed by atoms with Gasteiger partial charge in [-0.2, -0.15) is 0 Å². The Bertz CT molecular complexity index is 1270. The van der Waals surface area contributed by atoms with Crippen molar-refractivity contribution in [2.24, 2.45) is 0 Å². The molecule has 0 aromatic heterocycles. The molecule has 0 spiro atoms. The van der Waals surface area contributed by atoms with Crippen molar-refractivity contribution >= 4 is 17.9 Å². The lowest BCUT2D eigenvalue weighted by Crippen LogP contribution is -2.30. The first-order valence-corrected chi connectivity index (χ1v) is 28.9. The van der Waals surface area contributed by atoms with Crippen molar-refractivity contribution in [3.05, 3.63) is 72.9 Å². The van der Waals surface area contributed by atoms with Gasteiger partial charge in [0.1, 0.15) is 13.2 Å². The lowest BCUT2D eigenvalue weighted by molar-refractivity contribution is -0.167. The summed E-state index contributed by atoms with van der Waals surface area (Å²) in [5, 5.41) is 0. The molecule has 392 valence electrons. The summed E-state index contributed by atoms with van der Waals surface area (Å²) in [7, 11) is 0. The molecule has 6 heteroatoms. The minimum atomic E-state index is -0.780. The molecular weight excluding hydrogens is 841 g/mol. The monoisotopic (exact) mass is 949 g/mol. The van der Waals surface area contributed by atoms with Crippen molar-refractivity contribution in [3.8, 4) is 0 Å². The molecule has 0 aliphatic rings. The van der Waals surface area contributed by atoms with E-state index in [0.717, 1.165) is 96.3 Å². The van der Waals surface area contributed by atoms with E-state index in [4.69, 9.17) is 14.2 Å². The molecule has 0 aromatic rings. The van der Waals surface area contributed by atoms with Gasteiger partial charge in [-0.3, -0.25) is 14.4 Å². The number of unbranched alkanes of at least 4 members (excludes halogenated alkanes) is 29. The van der Waals surface area contributed by atoms with Crippen LogP contribution < -0.4 is 0 Å². The maximum atomic E-state index is 12.8. The fraction of sp³-hybridized carbons (Fsp3) is 0.758. The zero-order chi connectivity index (χ0) is 49.3. The van der Waals surface area contributed by atoms with Crippen LogP contribution in [0.2, 0.25) is 0 Å². The van der Waals surface area contributed by atoms with E-state index in [1.54, 1.807) is 0 Å². The van der Waals surface area contributed by atoms with Crippen LogP contribution in [-0.2, 0) is 28.6 Å². The lowest BCUT2D eigenvalue weighted by Gasteiger charge is -2.18. The van der Waals surface area contributed by atoms with Gasteiger partial charge in [0, 0.05) is 19.3 Å². The van der Waals surface area contributed by atoms with Crippen LogP contribution in [0, 0.1) is 0 Å². The van der Waals surface area contributed by atoms with Gasteiger partial charge in [0.25, 0.3) is 0 Å². The summed E-state index contributed by atoms with van der Waals surface area (Å²) < 4.78 is 16.8. The highest BCUT2D eigenvalue weighted by Crippen LogP contribution is 2.15. The van der Waals surface area contributed by atoms with Crippen molar-refractivity contribution in [1.82, 2.24) is 0 Å². The van der Waals surface area contributed by atoms with Crippen LogP contribution in [0.15, 0.2) is 72.9 Å². The van der Waals surface area contributed by atoms with Crippen LogP contribution in [0.5, 0.6) is 0 Å². The predicted molar refractivity (Wildman–Crippen MR) is 293 cm³/mol. The molecule has 0 amide bonds. The molecule has 0 fully saturated rings. The van der Waals surface area contributed by atoms with Crippen LogP contribution in [0.4, 0.5) is 0 Å². The van der Waals surface area contributed by atoms with E-state index >= 15 is 0 Å². The molecule has 0 saturated carbocycles. The van der Waals surface area contributed by atoms with Gasteiger partial charge in [-0.05, 0) is 89.9 Å². The van der Waals surface area contributed by atoms with Gasteiger partial charge in [-0.15, -0.1) is 0 Å². The van der Waals surface area contributed by atoms with E-state index < -0.39 is 6.10 Å². The predicted octanol–water partition coefficient (Wildman–Crippen LogP) is 19.4. The second kappa shape index (κ2) is 56.4. The Morgan fingerprint density at radius 1 is 0.309 bits per heavy atom. The van der Waals surface area contributed by atoms with Crippen LogP contribution in [0.25, 0.3) is 0 Å². The number of carbonyl (C=O) groups is 3. The van der Waals surface area contributed by atoms with Crippen molar-refractivity contribution in [2.75, 3.05) is 13.2 Å². The average molecular weight is 950 g/mol. The first-order chi connectivity index (χ1) is 33.5. The Hall–Kier alpha value is -3.15. The van der Waals surface area contributed by atoms with Gasteiger partial charge in [-0.1, -0.05) is 248 Å². The van der Waals surface area contributed by atoms with Crippen LogP contribution in [-0.4, -0.2) is 37.2 Å². The molecule has 0 heterocycles. The van der Waals surface area contributed by atoms with Crippen LogP contribution in [0.1, 0.15) is 284 Å². The summed E-state index contributed by atoms with van der Waals surface area (Å²) in [4.78, 5) is 38.1. The van der Waals surface area contributed by atoms with Crippen LogP contribution >= 0.6 is 0 Å². The zero-order valence-corrected chi connectivity index (χ0v) is 44.9. The van der Waals surface area contributed by atoms with Gasteiger partial charge in [-0.25, -0.2) is 0 Å². The van der Waals surface area contributed by atoms with Gasteiger partial charge in [0.05, 0.1) is 0 Å². The van der Waals surface area contributed by atoms with Crippen molar-refractivity contribution in [2.45, 2.75) is 290 Å². The molecule has 0 rings (SSSR count). The fourth-order valence-electron chi connectivity index (χ4n) is 8.11. The molecule has 1 unspecified atom stereocenters. The second-order valence-electron chi connectivity index (χ2n) is 19.2. The SMILES string of the molecule is CC/C=C\C/C=C\C/C=C\C/C=C\C/C=C\CCCCCCCCCC(=O)OCC(COC(=O)CCCCCCCCCCC)OC(=O)CCCCCCCCC/C=C\CCCCCCCCC. The molecule has 0 saturated heterocycles. The number of ether oxygens (including phenoxy) is 3. The summed E-state index contributed by atoms with van der Waals surface area (Å²) in [5.41, 5.74) is 0. The highest BCUT2D eigenvalue weighted by Gasteiger charge is 2.19. The van der Waals surface area contributed by atoms with Gasteiger partial charge < -0.3 is 14.2 Å². The topological polar surface area (TPSA) is 78.9 Å². The molecule has 0 radical (unpaired) electrons. The van der Waals surface area contributed by atoms with Gasteiger partial charge in [0.15, 0.2) is 6.10 Å². The molecule has 0 aromatic carbocycles.